The van der Waals surface area contributed by atoms with Crippen LogP contribution in [-0.4, -0.2) is 47.3 Å². The molecule has 1 aliphatic heterocycles. The van der Waals surface area contributed by atoms with Gasteiger partial charge < -0.3 is 10.1 Å². The van der Waals surface area contributed by atoms with Crippen molar-refractivity contribution in [2.24, 2.45) is 0 Å². The summed E-state index contributed by atoms with van der Waals surface area (Å²) < 4.78 is 18.1. The Labute approximate surface area is 145 Å². The van der Waals surface area contributed by atoms with Gasteiger partial charge in [0.15, 0.2) is 0 Å². The van der Waals surface area contributed by atoms with E-state index >= 15 is 0 Å². The van der Waals surface area contributed by atoms with Gasteiger partial charge in [-0.15, -0.1) is 0 Å². The molecular formula is C19H19FN4O. The zero-order valence-corrected chi connectivity index (χ0v) is 13.7. The molecule has 0 spiro atoms. The molecule has 0 saturated carbocycles. The smallest absolute Gasteiger partial charge is 0.227 e. The molecule has 1 aromatic heterocycles. The van der Waals surface area contributed by atoms with E-state index in [4.69, 9.17) is 4.74 Å². The molecule has 6 heteroatoms. The number of hydrogen-bond donors (Lipinski definition) is 1. The van der Waals surface area contributed by atoms with Gasteiger partial charge in [0.1, 0.15) is 18.5 Å². The van der Waals surface area contributed by atoms with E-state index in [0.717, 1.165) is 35.4 Å². The Kier molecular flexibility index (Phi) is 4.43. The molecule has 0 amide bonds. The molecule has 0 unspecified atom stereocenters. The number of alkyl halides is 1. The van der Waals surface area contributed by atoms with Crippen molar-refractivity contribution >= 4 is 22.5 Å². The summed E-state index contributed by atoms with van der Waals surface area (Å²) >= 11 is 0. The summed E-state index contributed by atoms with van der Waals surface area (Å²) in [5.74, 6) is 1.38. The molecule has 2 heterocycles. The lowest BCUT2D eigenvalue weighted by Crippen LogP contribution is -2.54. The van der Waals surface area contributed by atoms with Gasteiger partial charge in [-0.25, -0.2) is 14.4 Å². The lowest BCUT2D eigenvalue weighted by atomic mass is 10.1. The Morgan fingerprint density at radius 3 is 2.72 bits per heavy atom. The van der Waals surface area contributed by atoms with Gasteiger partial charge in [-0.05, 0) is 30.3 Å². The van der Waals surface area contributed by atoms with Crippen LogP contribution in [0, 0.1) is 0 Å². The second-order valence-corrected chi connectivity index (χ2v) is 6.09. The third-order valence-corrected chi connectivity index (χ3v) is 4.23. The van der Waals surface area contributed by atoms with Gasteiger partial charge in [-0.1, -0.05) is 18.2 Å². The van der Waals surface area contributed by atoms with Crippen molar-refractivity contribution in [3.63, 3.8) is 0 Å². The van der Waals surface area contributed by atoms with Crippen LogP contribution in [0.15, 0.2) is 54.7 Å². The van der Waals surface area contributed by atoms with E-state index in [1.807, 2.05) is 59.6 Å². The zero-order chi connectivity index (χ0) is 17.1. The van der Waals surface area contributed by atoms with Gasteiger partial charge in [-0.3, -0.25) is 4.90 Å². The number of fused-ring (bicyclic) bond motifs is 1. The molecule has 0 bridgehead atoms. The topological polar surface area (TPSA) is 50.3 Å². The second kappa shape index (κ2) is 7.03. The molecule has 3 aromatic rings. The third-order valence-electron chi connectivity index (χ3n) is 4.23. The van der Waals surface area contributed by atoms with Crippen molar-refractivity contribution in [3.05, 3.63) is 54.7 Å². The fourth-order valence-electron chi connectivity index (χ4n) is 2.87. The van der Waals surface area contributed by atoms with Crippen LogP contribution in [0.2, 0.25) is 0 Å². The molecule has 1 fully saturated rings. The summed E-state index contributed by atoms with van der Waals surface area (Å²) in [6, 6.07) is 15.6. The number of aromatic nitrogens is 2. The first-order valence-electron chi connectivity index (χ1n) is 8.34. The monoisotopic (exact) mass is 338 g/mol. The molecule has 2 aromatic carbocycles. The number of hydrogen-bond acceptors (Lipinski definition) is 5. The van der Waals surface area contributed by atoms with Crippen LogP contribution in [0.5, 0.6) is 5.75 Å². The molecular weight excluding hydrogens is 319 g/mol. The highest BCUT2D eigenvalue weighted by atomic mass is 19.1. The molecule has 0 aliphatic carbocycles. The summed E-state index contributed by atoms with van der Waals surface area (Å²) in [6.07, 6.45) is 1.95. The normalized spacial score (nSPS) is 15.1. The van der Waals surface area contributed by atoms with Gasteiger partial charge in [0.2, 0.25) is 5.95 Å². The van der Waals surface area contributed by atoms with Crippen molar-refractivity contribution in [2.45, 2.75) is 6.10 Å². The van der Waals surface area contributed by atoms with Crippen LogP contribution >= 0.6 is 0 Å². The first kappa shape index (κ1) is 15.8. The first-order valence-corrected chi connectivity index (χ1v) is 8.34. The van der Waals surface area contributed by atoms with Crippen molar-refractivity contribution in [1.82, 2.24) is 14.9 Å². The number of anilines is 2. The minimum Gasteiger partial charge on any atom is -0.488 e. The van der Waals surface area contributed by atoms with Crippen LogP contribution in [-0.2, 0) is 0 Å². The SMILES string of the molecule is FCCN1CC(Oc2ccc(Nc3ncc4ccccc4n3)cc2)C1. The van der Waals surface area contributed by atoms with Crippen molar-refractivity contribution < 1.29 is 9.13 Å². The number of halogens is 1. The number of nitrogens with one attached hydrogen (secondary N) is 1. The van der Waals surface area contributed by atoms with Crippen LogP contribution in [0.3, 0.4) is 0 Å². The van der Waals surface area contributed by atoms with E-state index in [9.17, 15) is 4.39 Å². The lowest BCUT2D eigenvalue weighted by Gasteiger charge is -2.38. The molecule has 0 atom stereocenters. The Hall–Kier alpha value is -2.73. The molecule has 1 saturated heterocycles. The second-order valence-electron chi connectivity index (χ2n) is 6.09. The molecule has 1 aliphatic rings. The average molecular weight is 338 g/mol. The first-order chi connectivity index (χ1) is 12.3. The lowest BCUT2D eigenvalue weighted by molar-refractivity contribution is 0.0168. The number of para-hydroxylation sites is 1. The van der Waals surface area contributed by atoms with E-state index in [-0.39, 0.29) is 12.8 Å². The van der Waals surface area contributed by atoms with Gasteiger partial charge >= 0.3 is 0 Å². The van der Waals surface area contributed by atoms with Crippen LogP contribution in [0.4, 0.5) is 16.0 Å². The number of ether oxygens (including phenoxy) is 1. The van der Waals surface area contributed by atoms with Crippen molar-refractivity contribution in [1.29, 1.82) is 0 Å². The van der Waals surface area contributed by atoms with E-state index < -0.39 is 0 Å². The van der Waals surface area contributed by atoms with E-state index in [1.165, 1.54) is 0 Å². The summed E-state index contributed by atoms with van der Waals surface area (Å²) in [5, 5.41) is 4.21. The van der Waals surface area contributed by atoms with Gasteiger partial charge in [-0.2, -0.15) is 0 Å². The summed E-state index contributed by atoms with van der Waals surface area (Å²) in [6.45, 7) is 1.77. The average Bonchev–Trinajstić information content (AvgIpc) is 2.61. The Morgan fingerprint density at radius 2 is 1.92 bits per heavy atom. The van der Waals surface area contributed by atoms with Crippen LogP contribution in [0.1, 0.15) is 0 Å². The predicted molar refractivity (Wildman–Crippen MR) is 96.1 cm³/mol. The Bertz CT molecular complexity index is 849. The standard InChI is InChI=1S/C19H19FN4O/c20-9-10-24-12-17(13-24)25-16-7-5-15(6-8-16)22-19-21-11-14-3-1-2-4-18(14)23-19/h1-8,11,17H,9-10,12-13H2,(H,21,22,23). The van der Waals surface area contributed by atoms with Crippen molar-refractivity contribution in [2.75, 3.05) is 31.6 Å². The van der Waals surface area contributed by atoms with Crippen LogP contribution < -0.4 is 10.1 Å². The van der Waals surface area contributed by atoms with E-state index in [2.05, 4.69) is 15.3 Å². The van der Waals surface area contributed by atoms with Gasteiger partial charge in [0.25, 0.3) is 0 Å². The summed E-state index contributed by atoms with van der Waals surface area (Å²) in [7, 11) is 0. The maximum absolute atomic E-state index is 12.2. The largest absolute Gasteiger partial charge is 0.488 e. The minimum atomic E-state index is -0.302. The maximum Gasteiger partial charge on any atom is 0.227 e. The van der Waals surface area contributed by atoms with Gasteiger partial charge in [0.05, 0.1) is 5.52 Å². The van der Waals surface area contributed by atoms with E-state index in [1.54, 1.807) is 0 Å². The number of benzene rings is 2. The fraction of sp³-hybridized carbons (Fsp3) is 0.263. The van der Waals surface area contributed by atoms with Crippen LogP contribution in [0.25, 0.3) is 10.9 Å². The molecule has 5 nitrogen and oxygen atoms in total. The quantitative estimate of drug-likeness (QED) is 0.746. The van der Waals surface area contributed by atoms with E-state index in [0.29, 0.717) is 12.5 Å². The highest BCUT2D eigenvalue weighted by Gasteiger charge is 2.27. The summed E-state index contributed by atoms with van der Waals surface area (Å²) in [4.78, 5) is 10.9. The fourth-order valence-corrected chi connectivity index (χ4v) is 2.87. The third kappa shape index (κ3) is 3.69. The number of likely N-dealkylation sites (tertiary alicyclic amines) is 1. The highest BCUT2D eigenvalue weighted by molar-refractivity contribution is 5.78. The molecule has 4 rings (SSSR count). The molecule has 1 N–H and O–H groups in total. The zero-order valence-electron chi connectivity index (χ0n) is 13.7. The predicted octanol–water partition coefficient (Wildman–Crippen LogP) is 3.41. The maximum atomic E-state index is 12.2. The number of rotatable bonds is 6. The molecule has 25 heavy (non-hydrogen) atoms. The molecule has 128 valence electrons. The minimum absolute atomic E-state index is 0.147. The number of nitrogens with zero attached hydrogens (tertiary/aromatic N) is 3. The Balaban J connectivity index is 1.37. The summed E-state index contributed by atoms with van der Waals surface area (Å²) in [5.41, 5.74) is 1.80. The highest BCUT2D eigenvalue weighted by Crippen LogP contribution is 2.22. The van der Waals surface area contributed by atoms with Crippen molar-refractivity contribution in [3.8, 4) is 5.75 Å². The molecule has 0 radical (unpaired) electrons. The Morgan fingerprint density at radius 1 is 1.12 bits per heavy atom. The van der Waals surface area contributed by atoms with Gasteiger partial charge in [0, 0.05) is 36.9 Å².